The van der Waals surface area contributed by atoms with E-state index in [1.807, 2.05) is 24.3 Å². The second-order valence-corrected chi connectivity index (χ2v) is 4.82. The molecule has 18 heavy (non-hydrogen) atoms. The Bertz CT molecular complexity index is 450. The molecule has 1 fully saturated rings. The maximum absolute atomic E-state index is 10.9. The molecule has 0 unspecified atom stereocenters. The molecule has 1 saturated carbocycles. The van der Waals surface area contributed by atoms with E-state index in [0.29, 0.717) is 11.5 Å². The molecule has 0 aromatic heterocycles. The molecule has 0 aliphatic heterocycles. The summed E-state index contributed by atoms with van der Waals surface area (Å²) in [5.41, 5.74) is 1.99. The minimum atomic E-state index is -0.183. The van der Waals surface area contributed by atoms with Gasteiger partial charge in [0.05, 0.1) is 11.6 Å². The van der Waals surface area contributed by atoms with Gasteiger partial charge in [0.1, 0.15) is 6.10 Å². The minimum absolute atomic E-state index is 0.0946. The minimum Gasteiger partial charge on any atom is -0.463 e. The van der Waals surface area contributed by atoms with Gasteiger partial charge in [-0.15, -0.1) is 0 Å². The molecule has 0 amide bonds. The van der Waals surface area contributed by atoms with Gasteiger partial charge in [0, 0.05) is 6.92 Å². The number of benzene rings is 1. The summed E-state index contributed by atoms with van der Waals surface area (Å²) in [7, 11) is 0. The van der Waals surface area contributed by atoms with Crippen LogP contribution in [0.15, 0.2) is 24.3 Å². The molecule has 3 nitrogen and oxygen atoms in total. The third-order valence-corrected chi connectivity index (χ3v) is 3.52. The van der Waals surface area contributed by atoms with Crippen LogP contribution in [0.4, 0.5) is 0 Å². The molecule has 3 heteroatoms. The predicted octanol–water partition coefficient (Wildman–Crippen LogP) is 3.15. The highest BCUT2D eigenvalue weighted by Crippen LogP contribution is 2.34. The van der Waals surface area contributed by atoms with Crippen molar-refractivity contribution in [3.05, 3.63) is 35.4 Å². The molecule has 0 spiro atoms. The van der Waals surface area contributed by atoms with Crippen molar-refractivity contribution in [1.29, 1.82) is 5.26 Å². The first-order valence-electron chi connectivity index (χ1n) is 6.36. The Morgan fingerprint density at radius 2 is 1.83 bits per heavy atom. The van der Waals surface area contributed by atoms with E-state index in [2.05, 4.69) is 6.07 Å². The van der Waals surface area contributed by atoms with Crippen LogP contribution in [0.25, 0.3) is 0 Å². The molecule has 0 atom stereocenters. The van der Waals surface area contributed by atoms with Gasteiger partial charge in [-0.2, -0.15) is 5.26 Å². The molecule has 1 aromatic rings. The molecule has 94 valence electrons. The first-order chi connectivity index (χ1) is 8.69. The van der Waals surface area contributed by atoms with Crippen LogP contribution in [0.5, 0.6) is 0 Å². The fourth-order valence-electron chi connectivity index (χ4n) is 2.58. The molecule has 2 rings (SSSR count). The number of hydrogen-bond donors (Lipinski definition) is 0. The molecule has 1 aromatic carbocycles. The third kappa shape index (κ3) is 3.10. The van der Waals surface area contributed by atoms with Crippen LogP contribution in [0.3, 0.4) is 0 Å². The van der Waals surface area contributed by atoms with Gasteiger partial charge in [0.2, 0.25) is 0 Å². The predicted molar refractivity (Wildman–Crippen MR) is 67.9 cm³/mol. The van der Waals surface area contributed by atoms with Gasteiger partial charge in [0.25, 0.3) is 0 Å². The Balaban J connectivity index is 1.93. The van der Waals surface area contributed by atoms with E-state index in [-0.39, 0.29) is 12.1 Å². The number of nitriles is 1. The Morgan fingerprint density at radius 1 is 1.22 bits per heavy atom. The summed E-state index contributed by atoms with van der Waals surface area (Å²) < 4.78 is 5.23. The second-order valence-electron chi connectivity index (χ2n) is 4.82. The van der Waals surface area contributed by atoms with E-state index >= 15 is 0 Å². The molecule has 1 aliphatic carbocycles. The number of carbonyl (C=O) groups is 1. The summed E-state index contributed by atoms with van der Waals surface area (Å²) >= 11 is 0. The molecule has 0 heterocycles. The second kappa shape index (κ2) is 5.68. The average molecular weight is 243 g/mol. The standard InChI is InChI=1S/C15H17NO2/c1-11(17)18-15-8-6-14(7-9-15)13-4-2-12(10-16)3-5-13/h2-5,14-15H,6-9H2,1H3. The molecule has 0 saturated heterocycles. The number of carbonyl (C=O) groups excluding carboxylic acids is 1. The average Bonchev–Trinajstić information content (AvgIpc) is 2.39. The van der Waals surface area contributed by atoms with Gasteiger partial charge in [-0.05, 0) is 49.3 Å². The zero-order valence-corrected chi connectivity index (χ0v) is 10.6. The van der Waals surface area contributed by atoms with Crippen LogP contribution in [0.2, 0.25) is 0 Å². The van der Waals surface area contributed by atoms with Gasteiger partial charge in [-0.25, -0.2) is 0 Å². The Morgan fingerprint density at radius 3 is 2.33 bits per heavy atom. The number of hydrogen-bond acceptors (Lipinski definition) is 3. The van der Waals surface area contributed by atoms with Crippen molar-refractivity contribution in [2.45, 2.75) is 44.6 Å². The fraction of sp³-hybridized carbons (Fsp3) is 0.467. The first-order valence-corrected chi connectivity index (χ1v) is 6.36. The molecular formula is C15H17NO2. The summed E-state index contributed by atoms with van der Waals surface area (Å²) in [5.74, 6) is 0.348. The molecule has 0 radical (unpaired) electrons. The fourth-order valence-corrected chi connectivity index (χ4v) is 2.58. The van der Waals surface area contributed by atoms with Crippen molar-refractivity contribution in [2.24, 2.45) is 0 Å². The lowest BCUT2D eigenvalue weighted by Gasteiger charge is -2.28. The number of rotatable bonds is 2. The van der Waals surface area contributed by atoms with Crippen molar-refractivity contribution in [1.82, 2.24) is 0 Å². The lowest BCUT2D eigenvalue weighted by Crippen LogP contribution is -2.22. The van der Waals surface area contributed by atoms with Crippen molar-refractivity contribution in [3.8, 4) is 6.07 Å². The highest BCUT2D eigenvalue weighted by atomic mass is 16.5. The highest BCUT2D eigenvalue weighted by molar-refractivity contribution is 5.66. The maximum Gasteiger partial charge on any atom is 0.302 e. The van der Waals surface area contributed by atoms with Crippen molar-refractivity contribution in [3.63, 3.8) is 0 Å². The van der Waals surface area contributed by atoms with Gasteiger partial charge in [0.15, 0.2) is 0 Å². The lowest BCUT2D eigenvalue weighted by atomic mass is 9.82. The zero-order chi connectivity index (χ0) is 13.0. The van der Waals surface area contributed by atoms with Crippen molar-refractivity contribution in [2.75, 3.05) is 0 Å². The van der Waals surface area contributed by atoms with E-state index in [0.717, 1.165) is 25.7 Å². The van der Waals surface area contributed by atoms with E-state index in [1.165, 1.54) is 12.5 Å². The van der Waals surface area contributed by atoms with Gasteiger partial charge in [-0.1, -0.05) is 12.1 Å². The number of esters is 1. The van der Waals surface area contributed by atoms with E-state index in [4.69, 9.17) is 10.00 Å². The number of ether oxygens (including phenoxy) is 1. The summed E-state index contributed by atoms with van der Waals surface area (Å²) in [4.78, 5) is 10.9. The maximum atomic E-state index is 10.9. The Hall–Kier alpha value is -1.82. The van der Waals surface area contributed by atoms with E-state index in [9.17, 15) is 4.79 Å². The summed E-state index contributed by atoms with van der Waals surface area (Å²) in [6.45, 7) is 1.46. The Kier molecular flexibility index (Phi) is 3.99. The summed E-state index contributed by atoms with van der Waals surface area (Å²) in [5, 5.41) is 8.76. The number of nitrogens with zero attached hydrogens (tertiary/aromatic N) is 1. The largest absolute Gasteiger partial charge is 0.463 e. The SMILES string of the molecule is CC(=O)OC1CCC(c2ccc(C#N)cc2)CC1. The van der Waals surface area contributed by atoms with Crippen LogP contribution in [0.1, 0.15) is 49.7 Å². The first kappa shape index (κ1) is 12.6. The van der Waals surface area contributed by atoms with Crippen molar-refractivity contribution >= 4 is 5.97 Å². The Labute approximate surface area is 107 Å². The van der Waals surface area contributed by atoms with Gasteiger partial charge < -0.3 is 4.74 Å². The zero-order valence-electron chi connectivity index (χ0n) is 10.6. The lowest BCUT2D eigenvalue weighted by molar-refractivity contribution is -0.147. The molecule has 0 bridgehead atoms. The molecule has 1 aliphatic rings. The topological polar surface area (TPSA) is 50.1 Å². The van der Waals surface area contributed by atoms with Crippen LogP contribution < -0.4 is 0 Å². The van der Waals surface area contributed by atoms with Crippen LogP contribution >= 0.6 is 0 Å². The third-order valence-electron chi connectivity index (χ3n) is 3.52. The van der Waals surface area contributed by atoms with Crippen LogP contribution in [-0.4, -0.2) is 12.1 Å². The highest BCUT2D eigenvalue weighted by Gasteiger charge is 2.23. The van der Waals surface area contributed by atoms with Crippen LogP contribution in [0, 0.1) is 11.3 Å². The monoisotopic (exact) mass is 243 g/mol. The van der Waals surface area contributed by atoms with E-state index < -0.39 is 0 Å². The molecule has 0 N–H and O–H groups in total. The normalized spacial score (nSPS) is 23.1. The quantitative estimate of drug-likeness (QED) is 0.750. The van der Waals surface area contributed by atoms with Crippen LogP contribution in [-0.2, 0) is 9.53 Å². The van der Waals surface area contributed by atoms with Crippen molar-refractivity contribution < 1.29 is 9.53 Å². The smallest absolute Gasteiger partial charge is 0.302 e. The van der Waals surface area contributed by atoms with Gasteiger partial charge in [-0.3, -0.25) is 4.79 Å². The van der Waals surface area contributed by atoms with E-state index in [1.54, 1.807) is 0 Å². The summed E-state index contributed by atoms with van der Waals surface area (Å²) in [6, 6.07) is 9.94. The summed E-state index contributed by atoms with van der Waals surface area (Å²) in [6.07, 6.45) is 4.06. The van der Waals surface area contributed by atoms with Gasteiger partial charge >= 0.3 is 5.97 Å². The molecular weight excluding hydrogens is 226 g/mol.